The molecule has 206 valence electrons. The number of sulfonamides is 1. The Morgan fingerprint density at radius 3 is 2.61 bits per heavy atom. The van der Waals surface area contributed by atoms with Gasteiger partial charge in [-0.15, -0.1) is 5.10 Å². The molecule has 0 saturated carbocycles. The molecule has 0 amide bonds. The molecule has 3 aromatic heterocycles. The first-order chi connectivity index (χ1) is 17.9. The van der Waals surface area contributed by atoms with Crippen LogP contribution in [0.15, 0.2) is 29.5 Å². The van der Waals surface area contributed by atoms with Gasteiger partial charge in [0.2, 0.25) is 16.0 Å². The number of fused-ring (bicyclic) bond motifs is 1. The molecule has 1 fully saturated rings. The number of anilines is 3. The van der Waals surface area contributed by atoms with Gasteiger partial charge in [0.1, 0.15) is 11.2 Å². The number of alkyl halides is 4. The molecule has 1 aliphatic heterocycles. The number of aromatic nitrogens is 4. The van der Waals surface area contributed by atoms with Crippen LogP contribution >= 0.6 is 0 Å². The van der Waals surface area contributed by atoms with E-state index >= 15 is 0 Å². The van der Waals surface area contributed by atoms with Crippen LogP contribution in [0.25, 0.3) is 16.8 Å². The van der Waals surface area contributed by atoms with Crippen molar-refractivity contribution < 1.29 is 26.0 Å². The van der Waals surface area contributed by atoms with Crippen molar-refractivity contribution in [3.05, 3.63) is 24.4 Å². The maximum atomic E-state index is 14.8. The number of pyridine rings is 1. The third kappa shape index (κ3) is 5.77. The number of hydrogen-bond donors (Lipinski definition) is 4. The summed E-state index contributed by atoms with van der Waals surface area (Å²) in [4.78, 5) is 8.73. The standard InChI is InChI=1S/C21H26F4N10O2S/c1-3-27-19-17-12(13-4-5-14(32-26)18(29-13)28-10-16(22)23)6-9-35(17)33-20(31-19)30-15-7-8-34(38(2,36)37)11-21(15,24)25/h4-6,9,15-16,26H,3,7-8,10-11H2,1-2H3,(H,28,29)(H2,27,30,31,33)/t15-/m1/s1. The Labute approximate surface area is 215 Å². The van der Waals surface area contributed by atoms with Crippen molar-refractivity contribution in [1.29, 1.82) is 5.53 Å². The van der Waals surface area contributed by atoms with E-state index in [1.165, 1.54) is 10.6 Å². The fraction of sp³-hybridized carbons (Fsp3) is 0.476. The van der Waals surface area contributed by atoms with Crippen molar-refractivity contribution in [1.82, 2.24) is 23.9 Å². The van der Waals surface area contributed by atoms with E-state index in [4.69, 9.17) is 5.53 Å². The van der Waals surface area contributed by atoms with Gasteiger partial charge in [0.05, 0.1) is 31.1 Å². The summed E-state index contributed by atoms with van der Waals surface area (Å²) in [6.07, 6.45) is -0.331. The Bertz CT molecular complexity index is 1430. The second kappa shape index (κ2) is 10.6. The van der Waals surface area contributed by atoms with Crippen LogP contribution in [-0.4, -0.2) is 83.1 Å². The Morgan fingerprint density at radius 2 is 1.97 bits per heavy atom. The second-order valence-corrected chi connectivity index (χ2v) is 10.6. The zero-order valence-corrected chi connectivity index (χ0v) is 21.2. The highest BCUT2D eigenvalue weighted by Gasteiger charge is 2.47. The van der Waals surface area contributed by atoms with Crippen molar-refractivity contribution in [3.63, 3.8) is 0 Å². The zero-order valence-electron chi connectivity index (χ0n) is 20.4. The molecule has 1 saturated heterocycles. The van der Waals surface area contributed by atoms with Crippen LogP contribution in [0.3, 0.4) is 0 Å². The van der Waals surface area contributed by atoms with Gasteiger partial charge in [-0.2, -0.15) is 14.4 Å². The van der Waals surface area contributed by atoms with Gasteiger partial charge in [-0.3, -0.25) is 0 Å². The van der Waals surface area contributed by atoms with Gasteiger partial charge in [0.15, 0.2) is 11.6 Å². The predicted octanol–water partition coefficient (Wildman–Crippen LogP) is 3.64. The monoisotopic (exact) mass is 558 g/mol. The van der Waals surface area contributed by atoms with Gasteiger partial charge in [-0.1, -0.05) is 0 Å². The Balaban J connectivity index is 1.68. The first-order valence-corrected chi connectivity index (χ1v) is 13.4. The Kier molecular flexibility index (Phi) is 7.68. The van der Waals surface area contributed by atoms with Crippen LogP contribution in [-0.2, 0) is 10.0 Å². The van der Waals surface area contributed by atoms with Crippen molar-refractivity contribution in [2.45, 2.75) is 31.7 Å². The van der Waals surface area contributed by atoms with Crippen LogP contribution in [0.2, 0.25) is 0 Å². The average molecular weight is 559 g/mol. The molecule has 17 heteroatoms. The van der Waals surface area contributed by atoms with E-state index in [2.05, 4.69) is 36.1 Å². The van der Waals surface area contributed by atoms with Crippen LogP contribution < -0.4 is 16.0 Å². The lowest BCUT2D eigenvalue weighted by Gasteiger charge is -2.37. The highest BCUT2D eigenvalue weighted by atomic mass is 32.2. The molecule has 0 aliphatic carbocycles. The van der Waals surface area contributed by atoms with Gasteiger partial charge in [-0.05, 0) is 31.5 Å². The van der Waals surface area contributed by atoms with Crippen LogP contribution in [0.4, 0.5) is 40.8 Å². The maximum absolute atomic E-state index is 14.8. The van der Waals surface area contributed by atoms with Gasteiger partial charge in [0, 0.05) is 24.8 Å². The molecule has 38 heavy (non-hydrogen) atoms. The minimum atomic E-state index is -3.76. The SMILES string of the molecule is CCNc1nc(N[C@@H]2CCN(S(C)(=O)=O)CC2(F)F)nn2ccc(-c3ccc(N=N)c(NCC(F)F)n3)c12. The van der Waals surface area contributed by atoms with Crippen LogP contribution in [0.5, 0.6) is 0 Å². The minimum Gasteiger partial charge on any atom is -0.368 e. The summed E-state index contributed by atoms with van der Waals surface area (Å²) < 4.78 is 80.7. The average Bonchev–Trinajstić information content (AvgIpc) is 3.27. The normalized spacial score (nSPS) is 18.0. The summed E-state index contributed by atoms with van der Waals surface area (Å²) >= 11 is 0. The molecule has 4 heterocycles. The molecule has 12 nitrogen and oxygen atoms in total. The summed E-state index contributed by atoms with van der Waals surface area (Å²) in [5, 5.41) is 15.8. The van der Waals surface area contributed by atoms with E-state index in [0.29, 0.717) is 29.1 Å². The lowest BCUT2D eigenvalue weighted by atomic mass is 10.0. The number of halogens is 4. The lowest BCUT2D eigenvalue weighted by molar-refractivity contribution is -0.0541. The van der Waals surface area contributed by atoms with Crippen LogP contribution in [0.1, 0.15) is 13.3 Å². The van der Waals surface area contributed by atoms with Crippen LogP contribution in [0, 0.1) is 5.53 Å². The fourth-order valence-electron chi connectivity index (χ4n) is 4.10. The molecule has 0 bridgehead atoms. The number of piperidine rings is 1. The van der Waals surface area contributed by atoms with Gasteiger partial charge in [0.25, 0.3) is 12.3 Å². The first-order valence-electron chi connectivity index (χ1n) is 11.6. The summed E-state index contributed by atoms with van der Waals surface area (Å²) in [6, 6.07) is 3.29. The molecule has 0 spiro atoms. The molecule has 1 aliphatic rings. The van der Waals surface area contributed by atoms with E-state index in [1.54, 1.807) is 18.3 Å². The number of rotatable bonds is 10. The molecule has 0 aromatic carbocycles. The predicted molar refractivity (Wildman–Crippen MR) is 133 cm³/mol. The fourth-order valence-corrected chi connectivity index (χ4v) is 4.95. The third-order valence-electron chi connectivity index (χ3n) is 5.89. The number of nitrogens with one attached hydrogen (secondary N) is 4. The van der Waals surface area contributed by atoms with Gasteiger partial charge in [-0.25, -0.2) is 41.0 Å². The third-order valence-corrected chi connectivity index (χ3v) is 7.14. The minimum absolute atomic E-state index is 0.00373. The van der Waals surface area contributed by atoms with Crippen molar-refractivity contribution in [2.24, 2.45) is 5.11 Å². The molecular weight excluding hydrogens is 532 g/mol. The summed E-state index contributed by atoms with van der Waals surface area (Å²) in [7, 11) is -3.76. The highest BCUT2D eigenvalue weighted by molar-refractivity contribution is 7.88. The largest absolute Gasteiger partial charge is 0.368 e. The molecule has 3 aromatic rings. The van der Waals surface area contributed by atoms with Crippen molar-refractivity contribution in [3.8, 4) is 11.3 Å². The Morgan fingerprint density at radius 1 is 1.21 bits per heavy atom. The van der Waals surface area contributed by atoms with E-state index in [1.807, 2.05) is 6.92 Å². The molecule has 0 unspecified atom stereocenters. The summed E-state index contributed by atoms with van der Waals surface area (Å²) in [5.74, 6) is -3.15. The summed E-state index contributed by atoms with van der Waals surface area (Å²) in [5.41, 5.74) is 8.69. The molecule has 4 rings (SSSR count). The van der Waals surface area contributed by atoms with Gasteiger partial charge < -0.3 is 16.0 Å². The molecule has 0 radical (unpaired) electrons. The number of nitrogens with zero attached hydrogens (tertiary/aromatic N) is 6. The van der Waals surface area contributed by atoms with E-state index < -0.39 is 41.5 Å². The second-order valence-electron chi connectivity index (χ2n) is 8.63. The first kappa shape index (κ1) is 27.4. The molecular formula is C21H26F4N10O2S. The zero-order chi connectivity index (χ0) is 27.7. The van der Waals surface area contributed by atoms with Gasteiger partial charge >= 0.3 is 0 Å². The molecule has 1 atom stereocenters. The lowest BCUT2D eigenvalue weighted by Crippen LogP contribution is -2.55. The maximum Gasteiger partial charge on any atom is 0.281 e. The van der Waals surface area contributed by atoms with E-state index in [-0.39, 0.29) is 30.4 Å². The highest BCUT2D eigenvalue weighted by Crippen LogP contribution is 2.34. The Hall–Kier alpha value is -3.60. The smallest absolute Gasteiger partial charge is 0.281 e. The van der Waals surface area contributed by atoms with E-state index in [0.717, 1.165) is 10.6 Å². The molecule has 4 N–H and O–H groups in total. The number of hydrogen-bond acceptors (Lipinski definition) is 10. The van der Waals surface area contributed by atoms with E-state index in [9.17, 15) is 26.0 Å². The van der Waals surface area contributed by atoms with Crippen molar-refractivity contribution >= 4 is 38.8 Å². The van der Waals surface area contributed by atoms with Crippen molar-refractivity contribution in [2.75, 3.05) is 48.4 Å². The quantitative estimate of drug-likeness (QED) is 0.217. The topological polar surface area (TPSA) is 153 Å². The summed E-state index contributed by atoms with van der Waals surface area (Å²) in [6.45, 7) is 0.553.